The topological polar surface area (TPSA) is 38.7 Å². The van der Waals surface area contributed by atoms with Crippen molar-refractivity contribution in [2.24, 2.45) is 0 Å². The molecule has 4 heteroatoms. The Hall–Kier alpha value is -1.13. The summed E-state index contributed by atoms with van der Waals surface area (Å²) in [6.07, 6.45) is 1.26. The Labute approximate surface area is 113 Å². The molecule has 1 heterocycles. The van der Waals surface area contributed by atoms with Crippen LogP contribution in [0.5, 0.6) is 5.75 Å². The van der Waals surface area contributed by atoms with Crippen LogP contribution in [-0.4, -0.2) is 23.4 Å². The Bertz CT molecular complexity index is 443. The minimum atomic E-state index is -0.678. The maximum atomic E-state index is 13.8. The van der Waals surface area contributed by atoms with Crippen LogP contribution in [0.2, 0.25) is 0 Å². The average Bonchev–Trinajstić information content (AvgIpc) is 2.67. The van der Waals surface area contributed by atoms with Gasteiger partial charge >= 0.3 is 0 Å². The van der Waals surface area contributed by atoms with Gasteiger partial charge in [-0.2, -0.15) is 0 Å². The molecule has 0 spiro atoms. The van der Waals surface area contributed by atoms with Crippen LogP contribution in [0.4, 0.5) is 4.39 Å². The highest BCUT2D eigenvalue weighted by Crippen LogP contribution is 2.30. The maximum Gasteiger partial charge on any atom is 0.165 e. The van der Waals surface area contributed by atoms with Crippen molar-refractivity contribution in [1.82, 2.24) is 0 Å². The largest absolute Gasteiger partial charge is 0.488 e. The highest BCUT2D eigenvalue weighted by Gasteiger charge is 2.32. The van der Waals surface area contributed by atoms with Crippen molar-refractivity contribution in [2.75, 3.05) is 6.61 Å². The molecule has 1 aliphatic heterocycles. The van der Waals surface area contributed by atoms with Gasteiger partial charge in [0.25, 0.3) is 0 Å². The van der Waals surface area contributed by atoms with E-state index < -0.39 is 11.9 Å². The van der Waals surface area contributed by atoms with Crippen LogP contribution in [0.3, 0.4) is 0 Å². The summed E-state index contributed by atoms with van der Waals surface area (Å²) >= 11 is 0. The van der Waals surface area contributed by atoms with E-state index in [-0.39, 0.29) is 17.5 Å². The van der Waals surface area contributed by atoms with E-state index in [0.29, 0.717) is 12.2 Å². The lowest BCUT2D eigenvalue weighted by molar-refractivity contribution is -0.0330. The fraction of sp³-hybridized carbons (Fsp3) is 0.600. The first kappa shape index (κ1) is 14.3. The summed E-state index contributed by atoms with van der Waals surface area (Å²) in [5.41, 5.74) is 0.436. The fourth-order valence-electron chi connectivity index (χ4n) is 2.27. The average molecular weight is 268 g/mol. The molecule has 0 bridgehead atoms. The van der Waals surface area contributed by atoms with E-state index in [1.165, 1.54) is 6.07 Å². The van der Waals surface area contributed by atoms with Gasteiger partial charge in [0, 0.05) is 0 Å². The van der Waals surface area contributed by atoms with Crippen LogP contribution >= 0.6 is 0 Å². The molecule has 106 valence electrons. The Balaban J connectivity index is 1.93. The fourth-order valence-corrected chi connectivity index (χ4v) is 2.27. The van der Waals surface area contributed by atoms with Gasteiger partial charge in [-0.3, -0.25) is 0 Å². The summed E-state index contributed by atoms with van der Waals surface area (Å²) in [7, 11) is 0. The molecule has 19 heavy (non-hydrogen) atoms. The molecule has 0 amide bonds. The van der Waals surface area contributed by atoms with Crippen molar-refractivity contribution >= 4 is 0 Å². The highest BCUT2D eigenvalue weighted by molar-refractivity contribution is 5.30. The van der Waals surface area contributed by atoms with Gasteiger partial charge < -0.3 is 14.6 Å². The summed E-state index contributed by atoms with van der Waals surface area (Å²) in [6, 6.07) is 4.53. The predicted octanol–water partition coefficient (Wildman–Crippen LogP) is 3.22. The lowest BCUT2D eigenvalue weighted by Crippen LogP contribution is -2.24. The van der Waals surface area contributed by atoms with Crippen molar-refractivity contribution in [3.63, 3.8) is 0 Å². The maximum absolute atomic E-state index is 13.8. The van der Waals surface area contributed by atoms with Crippen LogP contribution in [0.1, 0.15) is 45.3 Å². The van der Waals surface area contributed by atoms with Gasteiger partial charge in [0.1, 0.15) is 6.61 Å². The Morgan fingerprint density at radius 1 is 1.53 bits per heavy atom. The van der Waals surface area contributed by atoms with E-state index in [0.717, 1.165) is 12.8 Å². The van der Waals surface area contributed by atoms with Crippen LogP contribution in [-0.2, 0) is 4.74 Å². The number of aliphatic hydroxyl groups is 1. The molecule has 2 atom stereocenters. The molecule has 1 saturated heterocycles. The SMILES string of the molecule is C[C@@H](O)c1ccc(OCC2CCC(C)(C)O2)c(F)c1. The zero-order valence-corrected chi connectivity index (χ0v) is 11.6. The number of rotatable bonds is 4. The molecule has 0 aliphatic carbocycles. The number of benzene rings is 1. The quantitative estimate of drug-likeness (QED) is 0.911. The van der Waals surface area contributed by atoms with Crippen molar-refractivity contribution in [3.05, 3.63) is 29.6 Å². The molecule has 1 fully saturated rings. The molecule has 0 aromatic heterocycles. The minimum Gasteiger partial charge on any atom is -0.488 e. The first-order valence-corrected chi connectivity index (χ1v) is 6.65. The van der Waals surface area contributed by atoms with E-state index in [1.54, 1.807) is 19.1 Å². The van der Waals surface area contributed by atoms with E-state index in [4.69, 9.17) is 9.47 Å². The van der Waals surface area contributed by atoms with E-state index in [2.05, 4.69) is 0 Å². The van der Waals surface area contributed by atoms with E-state index in [9.17, 15) is 9.50 Å². The van der Waals surface area contributed by atoms with Gasteiger partial charge in [-0.1, -0.05) is 6.07 Å². The first-order valence-electron chi connectivity index (χ1n) is 6.65. The number of hydrogen-bond donors (Lipinski definition) is 1. The van der Waals surface area contributed by atoms with Crippen molar-refractivity contribution in [3.8, 4) is 5.75 Å². The summed E-state index contributed by atoms with van der Waals surface area (Å²) in [5.74, 6) is -0.242. The predicted molar refractivity (Wildman–Crippen MR) is 70.7 cm³/mol. The number of halogens is 1. The third-order valence-electron chi connectivity index (χ3n) is 3.42. The van der Waals surface area contributed by atoms with Gasteiger partial charge in [-0.25, -0.2) is 4.39 Å². The van der Waals surface area contributed by atoms with Gasteiger partial charge in [-0.15, -0.1) is 0 Å². The smallest absolute Gasteiger partial charge is 0.165 e. The Kier molecular flexibility index (Phi) is 4.11. The molecule has 0 saturated carbocycles. The third kappa shape index (κ3) is 3.67. The summed E-state index contributed by atoms with van der Waals surface area (Å²) in [4.78, 5) is 0. The second-order valence-corrected chi connectivity index (χ2v) is 5.72. The Morgan fingerprint density at radius 2 is 2.26 bits per heavy atom. The van der Waals surface area contributed by atoms with Crippen LogP contribution in [0.25, 0.3) is 0 Å². The van der Waals surface area contributed by atoms with Gasteiger partial charge in [0.15, 0.2) is 11.6 Å². The minimum absolute atomic E-state index is 0.0193. The zero-order chi connectivity index (χ0) is 14.0. The molecule has 2 rings (SSSR count). The van der Waals surface area contributed by atoms with Crippen LogP contribution in [0, 0.1) is 5.82 Å². The second-order valence-electron chi connectivity index (χ2n) is 5.72. The van der Waals surface area contributed by atoms with Gasteiger partial charge in [0.05, 0.1) is 17.8 Å². The van der Waals surface area contributed by atoms with Gasteiger partial charge in [-0.05, 0) is 51.3 Å². The van der Waals surface area contributed by atoms with Gasteiger partial charge in [0.2, 0.25) is 0 Å². The molecule has 1 aromatic rings. The lowest BCUT2D eigenvalue weighted by atomic mass is 10.1. The zero-order valence-electron chi connectivity index (χ0n) is 11.6. The van der Waals surface area contributed by atoms with E-state index in [1.807, 2.05) is 13.8 Å². The molecular formula is C15H21FO3. The lowest BCUT2D eigenvalue weighted by Gasteiger charge is -2.19. The molecule has 1 N–H and O–H groups in total. The molecule has 3 nitrogen and oxygen atoms in total. The second kappa shape index (κ2) is 5.47. The van der Waals surface area contributed by atoms with Crippen LogP contribution in [0.15, 0.2) is 18.2 Å². The van der Waals surface area contributed by atoms with E-state index >= 15 is 0 Å². The molecular weight excluding hydrogens is 247 g/mol. The monoisotopic (exact) mass is 268 g/mol. The molecule has 1 aliphatic rings. The third-order valence-corrected chi connectivity index (χ3v) is 3.42. The molecule has 1 unspecified atom stereocenters. The highest BCUT2D eigenvalue weighted by atomic mass is 19.1. The number of aliphatic hydroxyl groups excluding tert-OH is 1. The molecule has 0 radical (unpaired) electrons. The normalized spacial score (nSPS) is 23.3. The molecule has 1 aromatic carbocycles. The summed E-state index contributed by atoms with van der Waals surface area (Å²) in [5, 5.41) is 9.37. The summed E-state index contributed by atoms with van der Waals surface area (Å²) in [6.45, 7) is 6.05. The van der Waals surface area contributed by atoms with Crippen molar-refractivity contribution in [1.29, 1.82) is 0 Å². The number of hydrogen-bond acceptors (Lipinski definition) is 3. The number of ether oxygens (including phenoxy) is 2. The standard InChI is InChI=1S/C15H21FO3/c1-10(17)11-4-5-14(13(16)8-11)18-9-12-6-7-15(2,3)19-12/h4-5,8,10,12,17H,6-7,9H2,1-3H3/t10-,12?/m1/s1. The van der Waals surface area contributed by atoms with Crippen LogP contribution < -0.4 is 4.74 Å². The van der Waals surface area contributed by atoms with Crippen molar-refractivity contribution < 1.29 is 19.0 Å². The van der Waals surface area contributed by atoms with Crippen molar-refractivity contribution in [2.45, 2.75) is 51.4 Å². The summed E-state index contributed by atoms with van der Waals surface area (Å²) < 4.78 is 25.0. The Morgan fingerprint density at radius 3 is 2.79 bits per heavy atom. The first-order chi connectivity index (χ1) is 8.87.